The van der Waals surface area contributed by atoms with Crippen LogP contribution in [-0.2, 0) is 13.1 Å². The Labute approximate surface area is 114 Å². The molecule has 0 aliphatic rings. The summed E-state index contributed by atoms with van der Waals surface area (Å²) >= 11 is 3.41. The van der Waals surface area contributed by atoms with Gasteiger partial charge >= 0.3 is 0 Å². The Bertz CT molecular complexity index is 602. The van der Waals surface area contributed by atoms with E-state index in [1.165, 1.54) is 0 Å². The Morgan fingerprint density at radius 2 is 1.83 bits per heavy atom. The summed E-state index contributed by atoms with van der Waals surface area (Å²) in [6.07, 6.45) is 1.81. The van der Waals surface area contributed by atoms with Crippen molar-refractivity contribution in [2.24, 2.45) is 5.73 Å². The number of nitrogens with zero attached hydrogens (tertiary/aromatic N) is 1. The predicted molar refractivity (Wildman–Crippen MR) is 76.6 cm³/mol. The Morgan fingerprint density at radius 3 is 2.44 bits per heavy atom. The van der Waals surface area contributed by atoms with Gasteiger partial charge in [-0.05, 0) is 40.0 Å². The van der Waals surface area contributed by atoms with Crippen LogP contribution in [0.2, 0.25) is 0 Å². The van der Waals surface area contributed by atoms with Crippen molar-refractivity contribution in [1.29, 1.82) is 0 Å². The molecule has 2 N–H and O–H groups in total. The molecular formula is C14H15BrN2O. The Kier molecular flexibility index (Phi) is 3.99. The van der Waals surface area contributed by atoms with Crippen LogP contribution in [0.4, 0.5) is 0 Å². The Hall–Kier alpha value is -1.39. The number of aryl methyl sites for hydroxylation is 1. The van der Waals surface area contributed by atoms with Gasteiger partial charge in [-0.1, -0.05) is 24.3 Å². The van der Waals surface area contributed by atoms with Crippen LogP contribution in [0, 0.1) is 6.92 Å². The molecule has 0 fully saturated rings. The highest BCUT2D eigenvalue weighted by Crippen LogP contribution is 2.10. The number of hydrogen-bond donors (Lipinski definition) is 1. The smallest absolute Gasteiger partial charge is 0.253 e. The molecule has 2 rings (SSSR count). The average molecular weight is 307 g/mol. The molecule has 2 aromatic rings. The largest absolute Gasteiger partial charge is 0.326 e. The molecule has 0 aliphatic heterocycles. The normalized spacial score (nSPS) is 10.6. The van der Waals surface area contributed by atoms with Gasteiger partial charge < -0.3 is 10.3 Å². The van der Waals surface area contributed by atoms with Crippen molar-refractivity contribution in [3.63, 3.8) is 0 Å². The van der Waals surface area contributed by atoms with Crippen molar-refractivity contribution >= 4 is 15.9 Å². The molecule has 0 atom stereocenters. The predicted octanol–water partition coefficient (Wildman–Crippen LogP) is 2.43. The molecule has 94 valence electrons. The maximum absolute atomic E-state index is 12.0. The zero-order valence-corrected chi connectivity index (χ0v) is 11.8. The molecule has 0 unspecified atom stereocenters. The van der Waals surface area contributed by atoms with Gasteiger partial charge in [-0.15, -0.1) is 0 Å². The first-order valence-corrected chi connectivity index (χ1v) is 6.54. The number of aromatic nitrogens is 1. The molecular weight excluding hydrogens is 292 g/mol. The zero-order chi connectivity index (χ0) is 13.1. The summed E-state index contributed by atoms with van der Waals surface area (Å²) in [5.74, 6) is 0. The second kappa shape index (κ2) is 5.50. The fourth-order valence-corrected chi connectivity index (χ4v) is 2.43. The van der Waals surface area contributed by atoms with E-state index < -0.39 is 0 Å². The SMILES string of the molecule is Cc1cc(Br)cn(Cc2ccc(CN)cc2)c1=O. The molecule has 1 aromatic carbocycles. The van der Waals surface area contributed by atoms with Crippen LogP contribution in [0.15, 0.2) is 45.8 Å². The van der Waals surface area contributed by atoms with Crippen LogP contribution >= 0.6 is 15.9 Å². The van der Waals surface area contributed by atoms with Crippen molar-refractivity contribution in [2.45, 2.75) is 20.0 Å². The first kappa shape index (κ1) is 13.1. The van der Waals surface area contributed by atoms with Crippen LogP contribution in [0.25, 0.3) is 0 Å². The topological polar surface area (TPSA) is 48.0 Å². The van der Waals surface area contributed by atoms with E-state index >= 15 is 0 Å². The minimum Gasteiger partial charge on any atom is -0.326 e. The van der Waals surface area contributed by atoms with Crippen LogP contribution in [-0.4, -0.2) is 4.57 Å². The van der Waals surface area contributed by atoms with E-state index in [2.05, 4.69) is 15.9 Å². The summed E-state index contributed by atoms with van der Waals surface area (Å²) in [7, 11) is 0. The lowest BCUT2D eigenvalue weighted by atomic mass is 10.1. The van der Waals surface area contributed by atoms with Gasteiger partial charge in [0.2, 0.25) is 0 Å². The van der Waals surface area contributed by atoms with E-state index in [0.29, 0.717) is 13.1 Å². The molecule has 0 aliphatic carbocycles. The quantitative estimate of drug-likeness (QED) is 0.947. The number of rotatable bonds is 3. The zero-order valence-electron chi connectivity index (χ0n) is 10.2. The maximum atomic E-state index is 12.0. The van der Waals surface area contributed by atoms with Crippen LogP contribution in [0.1, 0.15) is 16.7 Å². The number of hydrogen-bond acceptors (Lipinski definition) is 2. The van der Waals surface area contributed by atoms with Crippen LogP contribution < -0.4 is 11.3 Å². The highest BCUT2D eigenvalue weighted by Gasteiger charge is 2.03. The van der Waals surface area contributed by atoms with Crippen molar-refractivity contribution in [1.82, 2.24) is 4.57 Å². The fraction of sp³-hybridized carbons (Fsp3) is 0.214. The van der Waals surface area contributed by atoms with Crippen molar-refractivity contribution in [3.05, 3.63) is 68.0 Å². The summed E-state index contributed by atoms with van der Waals surface area (Å²) in [5.41, 5.74) is 8.52. The van der Waals surface area contributed by atoms with E-state index in [9.17, 15) is 4.79 Å². The lowest BCUT2D eigenvalue weighted by Crippen LogP contribution is -2.22. The molecule has 0 saturated carbocycles. The van der Waals surface area contributed by atoms with Gasteiger partial charge in [0.25, 0.3) is 5.56 Å². The average Bonchev–Trinajstić information content (AvgIpc) is 2.36. The monoisotopic (exact) mass is 306 g/mol. The molecule has 0 amide bonds. The summed E-state index contributed by atoms with van der Waals surface area (Å²) in [6.45, 7) is 2.93. The second-order valence-corrected chi connectivity index (χ2v) is 5.21. The van der Waals surface area contributed by atoms with Crippen LogP contribution in [0.3, 0.4) is 0 Å². The van der Waals surface area contributed by atoms with Gasteiger partial charge in [0.15, 0.2) is 0 Å². The van der Waals surface area contributed by atoms with Gasteiger partial charge in [-0.25, -0.2) is 0 Å². The molecule has 0 spiro atoms. The highest BCUT2D eigenvalue weighted by molar-refractivity contribution is 9.10. The summed E-state index contributed by atoms with van der Waals surface area (Å²) in [4.78, 5) is 12.0. The van der Waals surface area contributed by atoms with E-state index in [4.69, 9.17) is 5.73 Å². The molecule has 0 saturated heterocycles. The third kappa shape index (κ3) is 2.89. The summed E-state index contributed by atoms with van der Waals surface area (Å²) < 4.78 is 2.62. The summed E-state index contributed by atoms with van der Waals surface area (Å²) in [6, 6.07) is 9.82. The van der Waals surface area contributed by atoms with Crippen molar-refractivity contribution < 1.29 is 0 Å². The third-order valence-corrected chi connectivity index (χ3v) is 3.28. The van der Waals surface area contributed by atoms with Gasteiger partial charge in [0.05, 0.1) is 6.54 Å². The fourth-order valence-electron chi connectivity index (χ4n) is 1.83. The molecule has 1 heterocycles. The molecule has 0 radical (unpaired) electrons. The molecule has 18 heavy (non-hydrogen) atoms. The third-order valence-electron chi connectivity index (χ3n) is 2.84. The summed E-state index contributed by atoms with van der Waals surface area (Å²) in [5, 5.41) is 0. The Balaban J connectivity index is 2.31. The number of halogens is 1. The number of benzene rings is 1. The number of pyridine rings is 1. The standard InChI is InChI=1S/C14H15BrN2O/c1-10-6-13(15)9-17(14(10)18)8-12-4-2-11(7-16)3-5-12/h2-6,9H,7-8,16H2,1H3. The van der Waals surface area contributed by atoms with E-state index in [1.807, 2.05) is 43.5 Å². The van der Waals surface area contributed by atoms with E-state index in [1.54, 1.807) is 4.57 Å². The molecule has 0 bridgehead atoms. The van der Waals surface area contributed by atoms with Gasteiger partial charge in [-0.2, -0.15) is 0 Å². The number of nitrogens with two attached hydrogens (primary N) is 1. The Morgan fingerprint density at radius 1 is 1.22 bits per heavy atom. The molecule has 4 heteroatoms. The van der Waals surface area contributed by atoms with Gasteiger partial charge in [0.1, 0.15) is 0 Å². The second-order valence-electron chi connectivity index (χ2n) is 4.30. The highest BCUT2D eigenvalue weighted by atomic mass is 79.9. The first-order valence-electron chi connectivity index (χ1n) is 5.74. The van der Waals surface area contributed by atoms with Gasteiger partial charge in [0, 0.05) is 22.8 Å². The first-order chi connectivity index (χ1) is 8.60. The molecule has 3 nitrogen and oxygen atoms in total. The van der Waals surface area contributed by atoms with Crippen molar-refractivity contribution in [3.8, 4) is 0 Å². The molecule has 1 aromatic heterocycles. The minimum atomic E-state index is 0.0427. The van der Waals surface area contributed by atoms with Crippen LogP contribution in [0.5, 0.6) is 0 Å². The minimum absolute atomic E-state index is 0.0427. The lowest BCUT2D eigenvalue weighted by molar-refractivity contribution is 0.748. The van der Waals surface area contributed by atoms with E-state index in [-0.39, 0.29) is 5.56 Å². The van der Waals surface area contributed by atoms with Crippen molar-refractivity contribution in [2.75, 3.05) is 0 Å². The van der Waals surface area contributed by atoms with Gasteiger partial charge in [-0.3, -0.25) is 4.79 Å². The lowest BCUT2D eigenvalue weighted by Gasteiger charge is -2.08. The maximum Gasteiger partial charge on any atom is 0.253 e. The van der Waals surface area contributed by atoms with E-state index in [0.717, 1.165) is 21.2 Å².